The number of aliphatic imine (C=N–C) groups is 2. The molecule has 6 nitrogen and oxygen atoms in total. The van der Waals surface area contributed by atoms with Gasteiger partial charge in [0.25, 0.3) is 0 Å². The van der Waals surface area contributed by atoms with Crippen molar-refractivity contribution in [3.8, 4) is 34.5 Å². The van der Waals surface area contributed by atoms with Crippen molar-refractivity contribution >= 4 is 93.4 Å². The summed E-state index contributed by atoms with van der Waals surface area (Å²) < 4.78 is 10.9. The van der Waals surface area contributed by atoms with Gasteiger partial charge in [0.05, 0.1) is 31.5 Å². The summed E-state index contributed by atoms with van der Waals surface area (Å²) in [5, 5.41) is 22.0. The van der Waals surface area contributed by atoms with Gasteiger partial charge in [-0.3, -0.25) is 9.98 Å². The number of nitrogens with zero attached hydrogens (tertiary/aromatic N) is 2. The van der Waals surface area contributed by atoms with Crippen molar-refractivity contribution in [3.63, 3.8) is 0 Å². The van der Waals surface area contributed by atoms with Gasteiger partial charge >= 0.3 is 16.5 Å². The van der Waals surface area contributed by atoms with E-state index in [2.05, 4.69) is 82.9 Å². The summed E-state index contributed by atoms with van der Waals surface area (Å²) in [5.74, 6) is -1.84. The summed E-state index contributed by atoms with van der Waals surface area (Å²) in [4.78, 5) is 9.34. The predicted molar refractivity (Wildman–Crippen MR) is 189 cm³/mol. The Morgan fingerprint density at radius 2 is 0.894 bits per heavy atom. The van der Waals surface area contributed by atoms with Crippen LogP contribution in [0.3, 0.4) is 0 Å². The molecule has 0 unspecified atom stereocenters. The second-order valence-corrected chi connectivity index (χ2v) is 13.2. The Morgan fingerprint density at radius 3 is 1.28 bits per heavy atom. The van der Waals surface area contributed by atoms with E-state index in [1.54, 1.807) is 6.21 Å². The maximum atomic E-state index is 11.7. The Labute approximate surface area is 314 Å². The van der Waals surface area contributed by atoms with E-state index >= 15 is 0 Å². The minimum atomic E-state index is -1.03. The van der Waals surface area contributed by atoms with Gasteiger partial charge in [-0.05, 0) is 47.9 Å². The molecule has 1 aliphatic heterocycles. The number of hydrogen-bond donors (Lipinski definition) is 0. The van der Waals surface area contributed by atoms with Crippen LogP contribution in [-0.4, -0.2) is 12.4 Å². The van der Waals surface area contributed by atoms with Crippen molar-refractivity contribution in [1.29, 1.82) is 0 Å². The zero-order chi connectivity index (χ0) is 34.0. The Balaban J connectivity index is 0.000000251. The number of fused-ring (bicyclic) bond motifs is 2. The number of halogens is 6. The molecule has 4 aromatic carbocycles. The minimum Gasteiger partial charge on any atom is -0.872 e. The third kappa shape index (κ3) is 8.11. The molecular weight excluding hydrogens is 772 g/mol. The van der Waals surface area contributed by atoms with E-state index in [4.69, 9.17) is 84.1 Å². The van der Waals surface area contributed by atoms with Gasteiger partial charge < -0.3 is 19.7 Å². The van der Waals surface area contributed by atoms with Crippen LogP contribution in [0.2, 0.25) is 30.1 Å². The van der Waals surface area contributed by atoms with Gasteiger partial charge in [0.1, 0.15) is 10.0 Å². The average molecular weight is 800 g/mol. The quantitative estimate of drug-likeness (QED) is 0.0766. The SMILES string of the molecule is Cc1cccc(C)c1N=CC=Nc1c(C(C)C)cccc1C(C)C.[Ni+2].[O-]c1c([O-])c(Cl)c2c(c1Cl)Oc1c(Cl)c(Cl)c(Cl)c(Cl)c1O2. The molecule has 0 N–H and O–H groups in total. The maximum Gasteiger partial charge on any atom is 2.00 e. The van der Waals surface area contributed by atoms with Gasteiger partial charge in [-0.25, -0.2) is 0 Å². The summed E-state index contributed by atoms with van der Waals surface area (Å²) in [6.07, 6.45) is 3.62. The molecule has 0 amide bonds. The second kappa shape index (κ2) is 16.4. The van der Waals surface area contributed by atoms with Crippen LogP contribution in [0.4, 0.5) is 11.4 Å². The molecule has 13 heteroatoms. The monoisotopic (exact) mass is 796 g/mol. The number of aryl methyl sites for hydroxylation is 2. The van der Waals surface area contributed by atoms with E-state index in [-0.39, 0.29) is 59.6 Å². The first-order valence-electron chi connectivity index (χ1n) is 14.0. The van der Waals surface area contributed by atoms with Crippen LogP contribution < -0.4 is 19.7 Å². The van der Waals surface area contributed by atoms with Gasteiger partial charge in [0.2, 0.25) is 0 Å². The van der Waals surface area contributed by atoms with Crippen LogP contribution >= 0.6 is 69.6 Å². The minimum absolute atomic E-state index is 0. The summed E-state index contributed by atoms with van der Waals surface area (Å²) >= 11 is 35.5. The fourth-order valence-electron chi connectivity index (χ4n) is 4.65. The first kappa shape index (κ1) is 39.1. The second-order valence-electron chi connectivity index (χ2n) is 11.0. The molecule has 47 heavy (non-hydrogen) atoms. The predicted octanol–water partition coefficient (Wildman–Crippen LogP) is 12.3. The number of para-hydroxylation sites is 2. The normalized spacial score (nSPS) is 12.0. The third-order valence-electron chi connectivity index (χ3n) is 7.06. The van der Waals surface area contributed by atoms with Crippen LogP contribution in [0.15, 0.2) is 46.4 Å². The molecule has 1 heterocycles. The zero-order valence-electron chi connectivity index (χ0n) is 25.9. The van der Waals surface area contributed by atoms with Crippen LogP contribution in [-0.2, 0) is 16.5 Å². The van der Waals surface area contributed by atoms with Gasteiger partial charge in [0, 0.05) is 12.4 Å². The van der Waals surface area contributed by atoms with Crippen LogP contribution in [0.25, 0.3) is 0 Å². The molecule has 0 saturated heterocycles. The van der Waals surface area contributed by atoms with Crippen molar-refractivity contribution < 1.29 is 36.2 Å². The van der Waals surface area contributed by atoms with E-state index in [1.165, 1.54) is 22.3 Å². The Morgan fingerprint density at radius 1 is 0.553 bits per heavy atom. The van der Waals surface area contributed by atoms with Gasteiger partial charge in [-0.15, -0.1) is 0 Å². The zero-order valence-corrected chi connectivity index (χ0v) is 31.4. The molecule has 0 spiro atoms. The maximum absolute atomic E-state index is 11.7. The first-order valence-corrected chi connectivity index (χ1v) is 16.3. The van der Waals surface area contributed by atoms with E-state index < -0.39 is 21.5 Å². The van der Waals surface area contributed by atoms with Gasteiger partial charge in [0.15, 0.2) is 23.0 Å². The third-order valence-corrected chi connectivity index (χ3v) is 9.51. The van der Waals surface area contributed by atoms with E-state index in [1.807, 2.05) is 6.21 Å². The average Bonchev–Trinajstić information content (AvgIpc) is 3.03. The molecule has 4 aromatic rings. The molecule has 0 saturated carbocycles. The summed E-state index contributed by atoms with van der Waals surface area (Å²) in [7, 11) is 0. The molecule has 1 aliphatic rings. The van der Waals surface area contributed by atoms with Crippen LogP contribution in [0.1, 0.15) is 61.8 Å². The van der Waals surface area contributed by atoms with Crippen molar-refractivity contribution in [1.82, 2.24) is 0 Å². The molecule has 0 bridgehead atoms. The number of rotatable bonds is 5. The fourth-order valence-corrected chi connectivity index (χ4v) is 5.97. The van der Waals surface area contributed by atoms with Crippen molar-refractivity contribution in [2.75, 3.05) is 0 Å². The fraction of sp³-hybridized carbons (Fsp3) is 0.235. The molecular formula is C34H28Cl6N2NiO4. The van der Waals surface area contributed by atoms with E-state index in [9.17, 15) is 10.2 Å². The van der Waals surface area contributed by atoms with E-state index in [0.29, 0.717) is 11.8 Å². The van der Waals surface area contributed by atoms with E-state index in [0.717, 1.165) is 11.4 Å². The molecule has 0 atom stereocenters. The molecule has 0 aliphatic carbocycles. The largest absolute Gasteiger partial charge is 2.00 e. The van der Waals surface area contributed by atoms with Crippen molar-refractivity contribution in [2.24, 2.45) is 9.98 Å². The Hall–Kier alpha value is -2.35. The number of benzene rings is 4. The standard InChI is InChI=1S/C22H28N2.C12H2Cl6O4.Ni/c1-15(2)19-11-8-12-20(16(3)4)22(19)24-14-13-23-21-17(5)9-7-10-18(21)6;13-1-2(14)4(16)10-9(3(1)15)21-11-5(17)7(19)8(20)6(18)12(11)22-10;/h7-16H,1-6H3;19-20H;/q;;+2/p-2. The Kier molecular flexibility index (Phi) is 13.6. The number of hydrogen-bond acceptors (Lipinski definition) is 6. The molecule has 0 aromatic heterocycles. The van der Waals surface area contributed by atoms with Gasteiger partial charge in [-0.1, -0.05) is 145 Å². The van der Waals surface area contributed by atoms with Gasteiger partial charge in [-0.2, -0.15) is 0 Å². The number of ether oxygens (including phenoxy) is 2. The van der Waals surface area contributed by atoms with Crippen LogP contribution in [0.5, 0.6) is 34.5 Å². The molecule has 5 rings (SSSR count). The molecule has 0 fully saturated rings. The summed E-state index contributed by atoms with van der Waals surface area (Å²) in [6, 6.07) is 12.7. The molecule has 250 valence electrons. The van der Waals surface area contributed by atoms with Crippen LogP contribution in [0, 0.1) is 13.8 Å². The Bertz CT molecular complexity index is 1700. The molecule has 0 radical (unpaired) electrons. The topological polar surface area (TPSA) is 89.3 Å². The van der Waals surface area contributed by atoms with Crippen molar-refractivity contribution in [3.05, 3.63) is 88.8 Å². The smallest absolute Gasteiger partial charge is 0.872 e. The summed E-state index contributed by atoms with van der Waals surface area (Å²) in [6.45, 7) is 13.0. The summed E-state index contributed by atoms with van der Waals surface area (Å²) in [5.41, 5.74) is 7.08. The van der Waals surface area contributed by atoms with Crippen molar-refractivity contribution in [2.45, 2.75) is 53.4 Å². The first-order chi connectivity index (χ1) is 21.7.